The van der Waals surface area contributed by atoms with Crippen molar-refractivity contribution >= 4 is 37.3 Å². The maximum atomic E-state index is 13.0. The molecule has 0 radical (unpaired) electrons. The second-order valence-electron chi connectivity index (χ2n) is 7.71. The van der Waals surface area contributed by atoms with Gasteiger partial charge in [0, 0.05) is 32.2 Å². The van der Waals surface area contributed by atoms with Crippen molar-refractivity contribution in [3.8, 4) is 0 Å². The van der Waals surface area contributed by atoms with Gasteiger partial charge in [-0.2, -0.15) is 8.61 Å². The highest BCUT2D eigenvalue weighted by Crippen LogP contribution is 2.25. The van der Waals surface area contributed by atoms with Crippen LogP contribution >= 0.6 is 11.3 Å². The first-order valence-corrected chi connectivity index (χ1v) is 14.0. The van der Waals surface area contributed by atoms with E-state index < -0.39 is 20.0 Å². The molecule has 31 heavy (non-hydrogen) atoms. The van der Waals surface area contributed by atoms with Crippen molar-refractivity contribution in [1.82, 2.24) is 13.9 Å². The van der Waals surface area contributed by atoms with E-state index in [0.29, 0.717) is 43.9 Å². The Balaban J connectivity index is 1.39. The van der Waals surface area contributed by atoms with E-state index in [9.17, 15) is 21.6 Å². The smallest absolute Gasteiger partial charge is 0.261 e. The van der Waals surface area contributed by atoms with Crippen molar-refractivity contribution in [3.05, 3.63) is 46.7 Å². The lowest BCUT2D eigenvalue weighted by molar-refractivity contribution is 0.0928. The summed E-state index contributed by atoms with van der Waals surface area (Å²) in [6, 6.07) is 8.97. The van der Waals surface area contributed by atoms with Crippen LogP contribution < -0.4 is 5.32 Å². The van der Waals surface area contributed by atoms with E-state index in [2.05, 4.69) is 5.32 Å². The van der Waals surface area contributed by atoms with Gasteiger partial charge < -0.3 is 5.32 Å². The average Bonchev–Trinajstić information content (AvgIpc) is 3.49. The SMILES string of the molecule is O=C(NC1CCN(S(=O)(=O)c2ccc(S(=O)(=O)N3CCCC3)cc2)CC1)c1cccs1. The number of rotatable bonds is 6. The van der Waals surface area contributed by atoms with Gasteiger partial charge in [0.25, 0.3) is 5.91 Å². The number of thiophene rings is 1. The molecule has 2 saturated heterocycles. The molecule has 3 heterocycles. The van der Waals surface area contributed by atoms with E-state index in [1.165, 1.54) is 44.2 Å². The van der Waals surface area contributed by atoms with Crippen molar-refractivity contribution in [3.63, 3.8) is 0 Å². The summed E-state index contributed by atoms with van der Waals surface area (Å²) in [6.07, 6.45) is 2.74. The molecule has 2 aromatic rings. The summed E-state index contributed by atoms with van der Waals surface area (Å²) < 4.78 is 54.1. The highest BCUT2D eigenvalue weighted by Gasteiger charge is 2.31. The molecular formula is C20H25N3O5S3. The van der Waals surface area contributed by atoms with Crippen LogP contribution in [0.1, 0.15) is 35.4 Å². The minimum absolute atomic E-state index is 0.0750. The zero-order chi connectivity index (χ0) is 22.1. The van der Waals surface area contributed by atoms with Crippen LogP contribution in [0, 0.1) is 0 Å². The molecule has 11 heteroatoms. The largest absolute Gasteiger partial charge is 0.349 e. The third-order valence-electron chi connectivity index (χ3n) is 5.70. The highest BCUT2D eigenvalue weighted by atomic mass is 32.2. The molecule has 2 aliphatic rings. The average molecular weight is 484 g/mol. The van der Waals surface area contributed by atoms with Crippen molar-refractivity contribution in [1.29, 1.82) is 0 Å². The van der Waals surface area contributed by atoms with Crippen LogP contribution in [0.4, 0.5) is 0 Å². The van der Waals surface area contributed by atoms with Crippen LogP contribution in [-0.4, -0.2) is 63.6 Å². The summed E-state index contributed by atoms with van der Waals surface area (Å²) in [4.78, 5) is 13.0. The molecule has 1 amide bonds. The Morgan fingerprint density at radius 3 is 1.84 bits per heavy atom. The number of hydrogen-bond acceptors (Lipinski definition) is 6. The zero-order valence-electron chi connectivity index (χ0n) is 16.9. The first kappa shape index (κ1) is 22.4. The van der Waals surface area contributed by atoms with E-state index >= 15 is 0 Å². The van der Waals surface area contributed by atoms with E-state index in [1.54, 1.807) is 6.07 Å². The Morgan fingerprint density at radius 1 is 0.839 bits per heavy atom. The lowest BCUT2D eigenvalue weighted by atomic mass is 10.1. The highest BCUT2D eigenvalue weighted by molar-refractivity contribution is 7.89. The lowest BCUT2D eigenvalue weighted by Gasteiger charge is -2.31. The van der Waals surface area contributed by atoms with Gasteiger partial charge in [0.15, 0.2) is 0 Å². The van der Waals surface area contributed by atoms with Gasteiger partial charge >= 0.3 is 0 Å². The van der Waals surface area contributed by atoms with Gasteiger partial charge in [-0.05, 0) is 61.4 Å². The minimum atomic E-state index is -3.72. The van der Waals surface area contributed by atoms with Gasteiger partial charge in [0.05, 0.1) is 14.7 Å². The van der Waals surface area contributed by atoms with Gasteiger partial charge in [0.1, 0.15) is 0 Å². The Kier molecular flexibility index (Phi) is 6.50. The molecule has 1 aromatic heterocycles. The summed E-state index contributed by atoms with van der Waals surface area (Å²) in [5, 5.41) is 4.80. The van der Waals surface area contributed by atoms with E-state index in [0.717, 1.165) is 12.8 Å². The molecule has 2 fully saturated rings. The molecule has 0 aliphatic carbocycles. The number of nitrogens with one attached hydrogen (secondary N) is 1. The quantitative estimate of drug-likeness (QED) is 0.678. The van der Waals surface area contributed by atoms with E-state index in [-0.39, 0.29) is 21.7 Å². The fourth-order valence-corrected chi connectivity index (χ4v) is 7.53. The fraction of sp³-hybridized carbons (Fsp3) is 0.450. The van der Waals surface area contributed by atoms with Crippen LogP contribution in [0.3, 0.4) is 0 Å². The molecule has 1 N–H and O–H groups in total. The first-order chi connectivity index (χ1) is 14.8. The monoisotopic (exact) mass is 483 g/mol. The minimum Gasteiger partial charge on any atom is -0.349 e. The Hall–Kier alpha value is -1.79. The fourth-order valence-electron chi connectivity index (χ4n) is 3.91. The maximum absolute atomic E-state index is 13.0. The Bertz CT molecular complexity index is 1120. The topological polar surface area (TPSA) is 104 Å². The number of carbonyl (C=O) groups excluding carboxylic acids is 1. The first-order valence-electron chi connectivity index (χ1n) is 10.2. The number of amides is 1. The predicted octanol–water partition coefficient (Wildman–Crippen LogP) is 2.12. The number of benzene rings is 1. The summed E-state index contributed by atoms with van der Waals surface area (Å²) in [5.74, 6) is -0.133. The van der Waals surface area contributed by atoms with Crippen LogP contribution in [0.15, 0.2) is 51.6 Å². The summed E-state index contributed by atoms with van der Waals surface area (Å²) in [7, 11) is -7.30. The van der Waals surface area contributed by atoms with Crippen molar-refractivity contribution < 1.29 is 21.6 Å². The molecule has 8 nitrogen and oxygen atoms in total. The molecule has 0 saturated carbocycles. The van der Waals surface area contributed by atoms with Gasteiger partial charge in [0.2, 0.25) is 20.0 Å². The van der Waals surface area contributed by atoms with Crippen molar-refractivity contribution in [2.45, 2.75) is 41.5 Å². The Morgan fingerprint density at radius 2 is 1.35 bits per heavy atom. The van der Waals surface area contributed by atoms with E-state index in [4.69, 9.17) is 0 Å². The Labute approximate surface area is 187 Å². The van der Waals surface area contributed by atoms with Crippen LogP contribution in [0.2, 0.25) is 0 Å². The zero-order valence-corrected chi connectivity index (χ0v) is 19.4. The number of nitrogens with zero attached hydrogens (tertiary/aromatic N) is 2. The number of hydrogen-bond donors (Lipinski definition) is 1. The van der Waals surface area contributed by atoms with Crippen LogP contribution in [0.5, 0.6) is 0 Å². The van der Waals surface area contributed by atoms with Crippen molar-refractivity contribution in [2.24, 2.45) is 0 Å². The third kappa shape index (κ3) is 4.70. The number of sulfonamides is 2. The normalized spacial score (nSPS) is 19.5. The van der Waals surface area contributed by atoms with Crippen LogP contribution in [-0.2, 0) is 20.0 Å². The second kappa shape index (κ2) is 8.99. The predicted molar refractivity (Wildman–Crippen MR) is 118 cm³/mol. The van der Waals surface area contributed by atoms with Gasteiger partial charge in [-0.3, -0.25) is 4.79 Å². The summed E-state index contributed by atoms with van der Waals surface area (Å²) in [5.41, 5.74) is 0. The molecule has 168 valence electrons. The number of piperidine rings is 1. The second-order valence-corrected chi connectivity index (χ2v) is 12.5. The lowest BCUT2D eigenvalue weighted by Crippen LogP contribution is -2.46. The molecule has 0 atom stereocenters. The molecular weight excluding hydrogens is 458 g/mol. The molecule has 0 bridgehead atoms. The molecule has 1 aromatic carbocycles. The molecule has 2 aliphatic heterocycles. The molecule has 4 rings (SSSR count). The number of carbonyl (C=O) groups is 1. The summed E-state index contributed by atoms with van der Waals surface area (Å²) >= 11 is 1.37. The summed E-state index contributed by atoms with van der Waals surface area (Å²) in [6.45, 7) is 1.60. The van der Waals surface area contributed by atoms with Gasteiger partial charge in [-0.1, -0.05) is 6.07 Å². The van der Waals surface area contributed by atoms with E-state index in [1.807, 2.05) is 11.4 Å². The van der Waals surface area contributed by atoms with Crippen molar-refractivity contribution in [2.75, 3.05) is 26.2 Å². The third-order valence-corrected chi connectivity index (χ3v) is 10.4. The molecule has 0 unspecified atom stereocenters. The van der Waals surface area contributed by atoms with Crippen LogP contribution in [0.25, 0.3) is 0 Å². The van der Waals surface area contributed by atoms with Gasteiger partial charge in [-0.25, -0.2) is 16.8 Å². The molecule has 0 spiro atoms. The maximum Gasteiger partial charge on any atom is 0.261 e. The standard InChI is InChI=1S/C20H25N3O5S3/c24-20(19-4-3-15-29-19)21-16-9-13-23(14-10-16)31(27,28)18-7-5-17(6-8-18)30(25,26)22-11-1-2-12-22/h3-8,15-16H,1-2,9-14H2,(H,21,24). The van der Waals surface area contributed by atoms with Gasteiger partial charge in [-0.15, -0.1) is 11.3 Å².